The Labute approximate surface area is 127 Å². The fourth-order valence-electron chi connectivity index (χ4n) is 2.90. The topological polar surface area (TPSA) is 66.6 Å². The Balaban J connectivity index is 2.23. The summed E-state index contributed by atoms with van der Waals surface area (Å²) in [4.78, 5) is 2.65. The molecule has 2 rings (SSSR count). The van der Waals surface area contributed by atoms with E-state index in [1.807, 2.05) is 12.1 Å². The molecule has 1 aliphatic carbocycles. The van der Waals surface area contributed by atoms with Crippen LogP contribution in [0, 0.1) is 0 Å². The maximum atomic E-state index is 12.1. The maximum Gasteiger partial charge on any atom is 0.242 e. The van der Waals surface area contributed by atoms with Crippen LogP contribution in [0.1, 0.15) is 25.7 Å². The highest BCUT2D eigenvalue weighted by molar-refractivity contribution is 7.89. The molecule has 1 saturated carbocycles. The van der Waals surface area contributed by atoms with E-state index in [0.29, 0.717) is 17.5 Å². The van der Waals surface area contributed by atoms with Gasteiger partial charge in [0.15, 0.2) is 0 Å². The molecule has 5 nitrogen and oxygen atoms in total. The zero-order valence-corrected chi connectivity index (χ0v) is 13.6. The van der Waals surface area contributed by atoms with Crippen LogP contribution in [-0.4, -0.2) is 45.9 Å². The first-order valence-corrected chi connectivity index (χ1v) is 8.90. The first-order valence-electron chi connectivity index (χ1n) is 7.46. The minimum atomic E-state index is -3.36. The summed E-state index contributed by atoms with van der Waals surface area (Å²) >= 11 is 0. The molecule has 0 spiro atoms. The first-order chi connectivity index (χ1) is 9.96. The zero-order valence-electron chi connectivity index (χ0n) is 12.8. The standard InChI is InChI=1S/C15H25N3O2S/c1-17(2)21(19,20)15-9-7-14(8-10-15)18(12-11-16)13-5-3-4-6-13/h7-10,13H,3-6,11-12,16H2,1-2H3. The molecule has 0 amide bonds. The number of hydrogen-bond acceptors (Lipinski definition) is 4. The summed E-state index contributed by atoms with van der Waals surface area (Å²) in [6.07, 6.45) is 4.91. The van der Waals surface area contributed by atoms with Crippen molar-refractivity contribution in [1.29, 1.82) is 0 Å². The van der Waals surface area contributed by atoms with E-state index in [9.17, 15) is 8.42 Å². The fourth-order valence-corrected chi connectivity index (χ4v) is 3.80. The van der Waals surface area contributed by atoms with Gasteiger partial charge in [-0.15, -0.1) is 0 Å². The number of benzene rings is 1. The number of anilines is 1. The lowest BCUT2D eigenvalue weighted by Gasteiger charge is -2.31. The van der Waals surface area contributed by atoms with Gasteiger partial charge >= 0.3 is 0 Å². The van der Waals surface area contributed by atoms with Gasteiger partial charge in [0.2, 0.25) is 10.0 Å². The summed E-state index contributed by atoms with van der Waals surface area (Å²) < 4.78 is 25.4. The second-order valence-electron chi connectivity index (χ2n) is 5.70. The Morgan fingerprint density at radius 2 is 1.71 bits per heavy atom. The van der Waals surface area contributed by atoms with Gasteiger partial charge in [-0.25, -0.2) is 12.7 Å². The van der Waals surface area contributed by atoms with Crippen molar-refractivity contribution in [3.05, 3.63) is 24.3 Å². The van der Waals surface area contributed by atoms with E-state index in [0.717, 1.165) is 12.2 Å². The zero-order chi connectivity index (χ0) is 15.5. The van der Waals surface area contributed by atoms with Gasteiger partial charge in [0, 0.05) is 38.9 Å². The van der Waals surface area contributed by atoms with Gasteiger partial charge in [-0.3, -0.25) is 0 Å². The lowest BCUT2D eigenvalue weighted by atomic mass is 10.1. The van der Waals surface area contributed by atoms with Crippen LogP contribution >= 0.6 is 0 Å². The summed E-state index contributed by atoms with van der Waals surface area (Å²) in [5.74, 6) is 0. The SMILES string of the molecule is CN(C)S(=O)(=O)c1ccc(N(CCN)C2CCCC2)cc1. The van der Waals surface area contributed by atoms with Crippen molar-refractivity contribution in [3.8, 4) is 0 Å². The third kappa shape index (κ3) is 3.56. The summed E-state index contributed by atoms with van der Waals surface area (Å²) in [6.45, 7) is 1.42. The fraction of sp³-hybridized carbons (Fsp3) is 0.600. The second-order valence-corrected chi connectivity index (χ2v) is 7.85. The van der Waals surface area contributed by atoms with Crippen molar-refractivity contribution >= 4 is 15.7 Å². The molecular weight excluding hydrogens is 286 g/mol. The molecule has 0 atom stereocenters. The van der Waals surface area contributed by atoms with Crippen molar-refractivity contribution < 1.29 is 8.42 Å². The van der Waals surface area contributed by atoms with Crippen LogP contribution in [0.5, 0.6) is 0 Å². The van der Waals surface area contributed by atoms with Crippen molar-refractivity contribution in [2.24, 2.45) is 5.73 Å². The van der Waals surface area contributed by atoms with E-state index in [-0.39, 0.29) is 0 Å². The third-order valence-corrected chi connectivity index (χ3v) is 5.91. The van der Waals surface area contributed by atoms with Crippen LogP contribution in [0.15, 0.2) is 29.2 Å². The number of nitrogens with two attached hydrogens (primary N) is 1. The van der Waals surface area contributed by atoms with Crippen molar-refractivity contribution in [2.75, 3.05) is 32.1 Å². The Morgan fingerprint density at radius 3 is 2.19 bits per heavy atom. The Morgan fingerprint density at radius 1 is 1.14 bits per heavy atom. The summed E-state index contributed by atoms with van der Waals surface area (Å²) in [5.41, 5.74) is 6.79. The average Bonchev–Trinajstić information content (AvgIpc) is 2.98. The predicted octanol–water partition coefficient (Wildman–Crippen LogP) is 1.64. The molecule has 21 heavy (non-hydrogen) atoms. The molecule has 1 aromatic carbocycles. The molecule has 0 aromatic heterocycles. The van der Waals surface area contributed by atoms with Gasteiger partial charge in [-0.2, -0.15) is 0 Å². The Bertz CT molecular complexity index is 549. The molecule has 0 aliphatic heterocycles. The molecule has 2 N–H and O–H groups in total. The van der Waals surface area contributed by atoms with E-state index < -0.39 is 10.0 Å². The minimum absolute atomic E-state index is 0.329. The van der Waals surface area contributed by atoms with Gasteiger partial charge in [0.25, 0.3) is 0 Å². The van der Waals surface area contributed by atoms with Gasteiger partial charge < -0.3 is 10.6 Å². The monoisotopic (exact) mass is 311 g/mol. The largest absolute Gasteiger partial charge is 0.367 e. The summed E-state index contributed by atoms with van der Waals surface area (Å²) in [6, 6.07) is 7.69. The maximum absolute atomic E-state index is 12.1. The minimum Gasteiger partial charge on any atom is -0.367 e. The van der Waals surface area contributed by atoms with E-state index in [4.69, 9.17) is 5.73 Å². The average molecular weight is 311 g/mol. The molecule has 6 heteroatoms. The highest BCUT2D eigenvalue weighted by Crippen LogP contribution is 2.28. The number of nitrogens with zero attached hydrogens (tertiary/aromatic N) is 2. The Kier molecular flexibility index (Phi) is 5.24. The highest BCUT2D eigenvalue weighted by atomic mass is 32.2. The molecule has 0 unspecified atom stereocenters. The van der Waals surface area contributed by atoms with Gasteiger partial charge in [-0.1, -0.05) is 12.8 Å². The molecule has 1 aliphatic rings. The van der Waals surface area contributed by atoms with Crippen LogP contribution in [0.25, 0.3) is 0 Å². The van der Waals surface area contributed by atoms with Crippen LogP contribution in [0.2, 0.25) is 0 Å². The predicted molar refractivity (Wildman–Crippen MR) is 86.0 cm³/mol. The first kappa shape index (κ1) is 16.3. The molecule has 1 aromatic rings. The van der Waals surface area contributed by atoms with Gasteiger partial charge in [0.1, 0.15) is 0 Å². The molecule has 0 heterocycles. The van der Waals surface area contributed by atoms with E-state index in [1.54, 1.807) is 26.2 Å². The molecular formula is C15H25N3O2S. The lowest BCUT2D eigenvalue weighted by Crippen LogP contribution is -2.37. The summed E-state index contributed by atoms with van der Waals surface area (Å²) in [7, 11) is -0.272. The van der Waals surface area contributed by atoms with Gasteiger partial charge in [0.05, 0.1) is 4.90 Å². The quantitative estimate of drug-likeness (QED) is 0.867. The molecule has 1 fully saturated rings. The Hall–Kier alpha value is -1.11. The highest BCUT2D eigenvalue weighted by Gasteiger charge is 2.23. The van der Waals surface area contributed by atoms with Crippen LogP contribution < -0.4 is 10.6 Å². The normalized spacial score (nSPS) is 16.6. The molecule has 0 radical (unpaired) electrons. The van der Waals surface area contributed by atoms with Crippen LogP contribution in [-0.2, 0) is 10.0 Å². The van der Waals surface area contributed by atoms with E-state index in [1.165, 1.54) is 30.0 Å². The van der Waals surface area contributed by atoms with Crippen molar-refractivity contribution in [2.45, 2.75) is 36.6 Å². The van der Waals surface area contributed by atoms with E-state index in [2.05, 4.69) is 4.90 Å². The number of rotatable bonds is 6. The number of sulfonamides is 1. The van der Waals surface area contributed by atoms with Crippen molar-refractivity contribution in [1.82, 2.24) is 4.31 Å². The molecule has 0 saturated heterocycles. The van der Waals surface area contributed by atoms with E-state index >= 15 is 0 Å². The summed E-state index contributed by atoms with van der Waals surface area (Å²) in [5, 5.41) is 0. The van der Waals surface area contributed by atoms with Crippen LogP contribution in [0.4, 0.5) is 5.69 Å². The number of hydrogen-bond donors (Lipinski definition) is 1. The third-order valence-electron chi connectivity index (χ3n) is 4.08. The van der Waals surface area contributed by atoms with Gasteiger partial charge in [-0.05, 0) is 37.1 Å². The van der Waals surface area contributed by atoms with Crippen LogP contribution in [0.3, 0.4) is 0 Å². The second kappa shape index (κ2) is 6.77. The molecule has 118 valence electrons. The van der Waals surface area contributed by atoms with Crippen molar-refractivity contribution in [3.63, 3.8) is 0 Å². The lowest BCUT2D eigenvalue weighted by molar-refractivity contribution is 0.520. The molecule has 0 bridgehead atoms. The smallest absolute Gasteiger partial charge is 0.242 e.